The van der Waals surface area contributed by atoms with Crippen molar-refractivity contribution in [1.82, 2.24) is 4.98 Å². The van der Waals surface area contributed by atoms with E-state index in [9.17, 15) is 9.59 Å². The highest BCUT2D eigenvalue weighted by molar-refractivity contribution is 9.10. The zero-order valence-electron chi connectivity index (χ0n) is 14.6. The zero-order chi connectivity index (χ0) is 19.2. The van der Waals surface area contributed by atoms with Crippen molar-refractivity contribution in [2.75, 3.05) is 11.9 Å². The van der Waals surface area contributed by atoms with E-state index < -0.39 is 5.97 Å². The van der Waals surface area contributed by atoms with E-state index in [1.807, 2.05) is 36.6 Å². The van der Waals surface area contributed by atoms with Crippen LogP contribution in [0.3, 0.4) is 0 Å². The largest absolute Gasteiger partial charge is 0.462 e. The Morgan fingerprint density at radius 2 is 2.00 bits per heavy atom. The molecule has 0 fully saturated rings. The number of nitrogens with zero attached hydrogens (tertiary/aromatic N) is 1. The number of carbonyl (C=O) groups excluding carboxylic acids is 2. The molecule has 7 heteroatoms. The maximum absolute atomic E-state index is 12.7. The Labute approximate surface area is 169 Å². The van der Waals surface area contributed by atoms with Crippen LogP contribution in [0.15, 0.2) is 58.6 Å². The topological polar surface area (TPSA) is 68.3 Å². The van der Waals surface area contributed by atoms with Gasteiger partial charge in [0.2, 0.25) is 0 Å². The van der Waals surface area contributed by atoms with E-state index in [1.54, 1.807) is 18.3 Å². The quantitative estimate of drug-likeness (QED) is 0.517. The maximum Gasteiger partial charge on any atom is 0.341 e. The van der Waals surface area contributed by atoms with Crippen molar-refractivity contribution >= 4 is 44.1 Å². The van der Waals surface area contributed by atoms with Crippen LogP contribution in [-0.4, -0.2) is 23.5 Å². The molecule has 0 aliphatic heterocycles. The maximum atomic E-state index is 12.7. The lowest BCUT2D eigenvalue weighted by atomic mass is 10.0. The summed E-state index contributed by atoms with van der Waals surface area (Å²) in [5, 5.41) is 5.13. The first-order chi connectivity index (χ1) is 13.1. The van der Waals surface area contributed by atoms with Crippen LogP contribution in [0.1, 0.15) is 34.1 Å². The Balaban J connectivity index is 1.96. The summed E-state index contributed by atoms with van der Waals surface area (Å²) >= 11 is 4.71. The van der Waals surface area contributed by atoms with Gasteiger partial charge in [-0.15, -0.1) is 11.3 Å². The van der Waals surface area contributed by atoms with E-state index in [-0.39, 0.29) is 5.91 Å². The summed E-state index contributed by atoms with van der Waals surface area (Å²) in [5.74, 6) is -0.769. The average molecular weight is 445 g/mol. The molecule has 2 heterocycles. The van der Waals surface area contributed by atoms with Crippen LogP contribution in [-0.2, 0) is 4.74 Å². The predicted molar refractivity (Wildman–Crippen MR) is 110 cm³/mol. The first-order valence-electron chi connectivity index (χ1n) is 8.36. The molecule has 0 saturated heterocycles. The minimum atomic E-state index is -0.447. The lowest BCUT2D eigenvalue weighted by molar-refractivity contribution is 0.0508. The number of carbonyl (C=O) groups is 2. The first kappa shape index (κ1) is 19.3. The lowest BCUT2D eigenvalue weighted by Crippen LogP contribution is -2.15. The number of thiophene rings is 1. The number of rotatable bonds is 6. The molecule has 1 N–H and O–H groups in total. The summed E-state index contributed by atoms with van der Waals surface area (Å²) in [6.45, 7) is 2.26. The van der Waals surface area contributed by atoms with E-state index in [0.717, 1.165) is 22.0 Å². The molecular formula is C20H17BrN2O3S. The summed E-state index contributed by atoms with van der Waals surface area (Å²) in [6.07, 6.45) is 3.80. The smallest absolute Gasteiger partial charge is 0.341 e. The van der Waals surface area contributed by atoms with E-state index >= 15 is 0 Å². The van der Waals surface area contributed by atoms with Gasteiger partial charge in [-0.05, 0) is 36.2 Å². The fraction of sp³-hybridized carbons (Fsp3) is 0.150. The molecule has 138 valence electrons. The van der Waals surface area contributed by atoms with E-state index in [4.69, 9.17) is 4.74 Å². The van der Waals surface area contributed by atoms with Crippen molar-refractivity contribution in [3.8, 4) is 11.1 Å². The summed E-state index contributed by atoms with van der Waals surface area (Å²) < 4.78 is 6.29. The van der Waals surface area contributed by atoms with Crippen molar-refractivity contribution in [3.05, 3.63) is 69.8 Å². The summed E-state index contributed by atoms with van der Waals surface area (Å²) in [6, 6.07) is 11.0. The molecule has 5 nitrogen and oxygen atoms in total. The van der Waals surface area contributed by atoms with Crippen molar-refractivity contribution in [1.29, 1.82) is 0 Å². The number of hydrogen-bond acceptors (Lipinski definition) is 5. The number of pyridine rings is 1. The highest BCUT2D eigenvalue weighted by Crippen LogP contribution is 2.37. The first-order valence-corrected chi connectivity index (χ1v) is 10.0. The van der Waals surface area contributed by atoms with Gasteiger partial charge in [-0.1, -0.05) is 35.0 Å². The van der Waals surface area contributed by atoms with Crippen LogP contribution in [0, 0.1) is 0 Å². The van der Waals surface area contributed by atoms with Gasteiger partial charge in [0.15, 0.2) is 0 Å². The van der Waals surface area contributed by atoms with Gasteiger partial charge in [0.25, 0.3) is 5.91 Å². The van der Waals surface area contributed by atoms with Crippen LogP contribution < -0.4 is 5.32 Å². The molecule has 0 bridgehead atoms. The third-order valence-electron chi connectivity index (χ3n) is 3.74. The standard InChI is InChI=1S/C20H17BrN2O3S/c1-2-10-26-20(25)17-16(13-5-7-15(21)8-6-13)12-27-19(17)23-18(24)14-4-3-9-22-11-14/h3-9,11-12H,2,10H2,1H3,(H,23,24). The number of esters is 1. The number of hydrogen-bond donors (Lipinski definition) is 1. The number of benzene rings is 1. The van der Waals surface area contributed by atoms with E-state index in [2.05, 4.69) is 26.2 Å². The van der Waals surface area contributed by atoms with Crippen LogP contribution in [0.2, 0.25) is 0 Å². The van der Waals surface area contributed by atoms with Gasteiger partial charge in [-0.2, -0.15) is 0 Å². The highest BCUT2D eigenvalue weighted by atomic mass is 79.9. The van der Waals surface area contributed by atoms with Crippen LogP contribution in [0.25, 0.3) is 11.1 Å². The SMILES string of the molecule is CCCOC(=O)c1c(-c2ccc(Br)cc2)csc1NC(=O)c1cccnc1. The number of nitrogens with one attached hydrogen (secondary N) is 1. The molecule has 0 saturated carbocycles. The molecule has 0 radical (unpaired) electrons. The summed E-state index contributed by atoms with van der Waals surface area (Å²) in [4.78, 5) is 29.1. The minimum Gasteiger partial charge on any atom is -0.462 e. The van der Waals surface area contributed by atoms with Crippen LogP contribution in [0.5, 0.6) is 0 Å². The van der Waals surface area contributed by atoms with E-state index in [0.29, 0.717) is 22.7 Å². The van der Waals surface area contributed by atoms with Crippen LogP contribution in [0.4, 0.5) is 5.00 Å². The second-order valence-corrected chi connectivity index (χ2v) is 7.49. The molecule has 27 heavy (non-hydrogen) atoms. The van der Waals surface area contributed by atoms with Gasteiger partial charge in [-0.25, -0.2) is 4.79 Å². The van der Waals surface area contributed by atoms with Crippen LogP contribution >= 0.6 is 27.3 Å². The van der Waals surface area contributed by atoms with Gasteiger partial charge < -0.3 is 10.1 Å². The molecule has 0 atom stereocenters. The third kappa shape index (κ3) is 4.61. The molecule has 2 aromatic heterocycles. The Kier molecular flexibility index (Phi) is 6.36. The lowest BCUT2D eigenvalue weighted by Gasteiger charge is -2.09. The minimum absolute atomic E-state index is 0.322. The predicted octanol–water partition coefficient (Wildman–Crippen LogP) is 5.39. The molecular weight excluding hydrogens is 428 g/mol. The van der Waals surface area contributed by atoms with Gasteiger partial charge in [-0.3, -0.25) is 9.78 Å². The molecule has 0 spiro atoms. The molecule has 3 rings (SSSR count). The Morgan fingerprint density at radius 1 is 1.22 bits per heavy atom. The van der Waals surface area contributed by atoms with Gasteiger partial charge in [0, 0.05) is 27.8 Å². The third-order valence-corrected chi connectivity index (χ3v) is 5.16. The van der Waals surface area contributed by atoms with Gasteiger partial charge >= 0.3 is 5.97 Å². The highest BCUT2D eigenvalue weighted by Gasteiger charge is 2.23. The van der Waals surface area contributed by atoms with Gasteiger partial charge in [0.05, 0.1) is 12.2 Å². The molecule has 0 aliphatic rings. The summed E-state index contributed by atoms with van der Waals surface area (Å²) in [7, 11) is 0. The number of aromatic nitrogens is 1. The Bertz CT molecular complexity index is 940. The average Bonchev–Trinajstić information content (AvgIpc) is 3.11. The number of amides is 1. The zero-order valence-corrected chi connectivity index (χ0v) is 17.0. The number of halogens is 1. The molecule has 0 aliphatic carbocycles. The second kappa shape index (κ2) is 8.92. The van der Waals surface area contributed by atoms with Crippen molar-refractivity contribution in [3.63, 3.8) is 0 Å². The van der Waals surface area contributed by atoms with Crippen molar-refractivity contribution in [2.24, 2.45) is 0 Å². The number of ether oxygens (including phenoxy) is 1. The summed E-state index contributed by atoms with van der Waals surface area (Å²) in [5.41, 5.74) is 2.40. The monoisotopic (exact) mass is 444 g/mol. The number of anilines is 1. The fourth-order valence-electron chi connectivity index (χ4n) is 2.43. The van der Waals surface area contributed by atoms with E-state index in [1.165, 1.54) is 17.5 Å². The second-order valence-electron chi connectivity index (χ2n) is 5.69. The molecule has 1 amide bonds. The van der Waals surface area contributed by atoms with Crippen molar-refractivity contribution < 1.29 is 14.3 Å². The molecule has 1 aromatic carbocycles. The van der Waals surface area contributed by atoms with Gasteiger partial charge in [0.1, 0.15) is 10.6 Å². The fourth-order valence-corrected chi connectivity index (χ4v) is 3.65. The molecule has 0 unspecified atom stereocenters. The van der Waals surface area contributed by atoms with Crippen molar-refractivity contribution in [2.45, 2.75) is 13.3 Å². The Morgan fingerprint density at radius 3 is 2.67 bits per heavy atom. The Hall–Kier alpha value is -2.51. The normalized spacial score (nSPS) is 10.4. The molecule has 3 aromatic rings.